The number of nitrogens with zero attached hydrogens (tertiary/aromatic N) is 6. The number of halogens is 1. The highest BCUT2D eigenvalue weighted by molar-refractivity contribution is 5.89. The minimum Gasteiger partial charge on any atom is -0.364 e. The predicted molar refractivity (Wildman–Crippen MR) is 141 cm³/mol. The molecule has 4 aromatic rings. The summed E-state index contributed by atoms with van der Waals surface area (Å²) in [6.45, 7) is 5.97. The summed E-state index contributed by atoms with van der Waals surface area (Å²) in [5.74, 6) is 1.86. The van der Waals surface area contributed by atoms with Crippen LogP contribution < -0.4 is 20.4 Å². The number of hydrogen-bond donors (Lipinski definition) is 2. The average molecular weight is 485 g/mol. The normalized spacial score (nSPS) is 16.0. The van der Waals surface area contributed by atoms with Crippen molar-refractivity contribution >= 4 is 28.7 Å². The van der Waals surface area contributed by atoms with E-state index >= 15 is 0 Å². The molecule has 2 aromatic heterocycles. The molecule has 2 aliphatic heterocycles. The lowest BCUT2D eigenvalue weighted by molar-refractivity contribution is 0.580. The molecule has 8 nitrogen and oxygen atoms in total. The van der Waals surface area contributed by atoms with Crippen LogP contribution in [0.25, 0.3) is 22.4 Å². The Bertz CT molecular complexity index is 1330. The van der Waals surface area contributed by atoms with Crippen LogP contribution in [0.2, 0.25) is 0 Å². The number of fused-ring (bicyclic) bond motifs is 1. The number of hydrogen-bond acceptors (Lipinski definition) is 8. The zero-order chi connectivity index (χ0) is 24.3. The molecule has 2 saturated heterocycles. The standard InChI is InChI=1S/C27H29FN8/c28-21-10-8-20(9-11-21)22-24(30-18-19-6-2-1-3-7-19)32-25-23(31-22)26(35-14-4-5-15-35)34-27(33-25)36-16-12-29-13-17-36/h1-3,6-11,29H,4-5,12-18H2,(H,30,32,33,34). The summed E-state index contributed by atoms with van der Waals surface area (Å²) in [6, 6.07) is 16.5. The van der Waals surface area contributed by atoms with Gasteiger partial charge in [-0.1, -0.05) is 30.3 Å². The van der Waals surface area contributed by atoms with E-state index in [1.807, 2.05) is 18.2 Å². The Morgan fingerprint density at radius 3 is 2.31 bits per heavy atom. The molecule has 0 amide bonds. The molecule has 0 saturated carbocycles. The Balaban J connectivity index is 1.49. The summed E-state index contributed by atoms with van der Waals surface area (Å²) in [7, 11) is 0. The second-order valence-corrected chi connectivity index (χ2v) is 9.22. The molecule has 0 spiro atoms. The molecule has 0 bridgehead atoms. The van der Waals surface area contributed by atoms with Gasteiger partial charge in [0.1, 0.15) is 11.5 Å². The first-order valence-electron chi connectivity index (χ1n) is 12.6. The Hall–Kier alpha value is -3.85. The SMILES string of the molecule is Fc1ccc(-c2nc3c(N4CCCC4)nc(N4CCNCC4)nc3nc2NCc2ccccc2)cc1. The highest BCUT2D eigenvalue weighted by Gasteiger charge is 2.24. The summed E-state index contributed by atoms with van der Waals surface area (Å²) in [6.07, 6.45) is 2.26. The fourth-order valence-corrected chi connectivity index (χ4v) is 4.79. The van der Waals surface area contributed by atoms with Gasteiger partial charge < -0.3 is 20.4 Å². The Morgan fingerprint density at radius 1 is 0.806 bits per heavy atom. The second-order valence-electron chi connectivity index (χ2n) is 9.22. The number of aromatic nitrogens is 4. The van der Waals surface area contributed by atoms with E-state index in [9.17, 15) is 4.39 Å². The molecule has 0 radical (unpaired) electrons. The lowest BCUT2D eigenvalue weighted by Gasteiger charge is -2.28. The highest BCUT2D eigenvalue weighted by Crippen LogP contribution is 2.33. The van der Waals surface area contributed by atoms with Crippen molar-refractivity contribution in [3.05, 3.63) is 66.0 Å². The van der Waals surface area contributed by atoms with Crippen LogP contribution in [0.1, 0.15) is 18.4 Å². The van der Waals surface area contributed by atoms with E-state index in [0.29, 0.717) is 35.2 Å². The van der Waals surface area contributed by atoms with Gasteiger partial charge in [0.15, 0.2) is 22.8 Å². The molecule has 6 rings (SSSR count). The fraction of sp³-hybridized carbons (Fsp3) is 0.333. The van der Waals surface area contributed by atoms with Crippen LogP contribution in [-0.2, 0) is 6.54 Å². The maximum Gasteiger partial charge on any atom is 0.229 e. The van der Waals surface area contributed by atoms with E-state index in [0.717, 1.165) is 69.1 Å². The van der Waals surface area contributed by atoms with Crippen LogP contribution in [0.3, 0.4) is 0 Å². The Kier molecular flexibility index (Phi) is 6.29. The molecule has 9 heteroatoms. The van der Waals surface area contributed by atoms with E-state index in [2.05, 4.69) is 32.6 Å². The minimum atomic E-state index is -0.284. The van der Waals surface area contributed by atoms with Crippen molar-refractivity contribution in [1.29, 1.82) is 0 Å². The topological polar surface area (TPSA) is 82.1 Å². The molecule has 0 aliphatic carbocycles. The molecule has 2 fully saturated rings. The first kappa shape index (κ1) is 22.6. The number of benzene rings is 2. The maximum absolute atomic E-state index is 13.7. The third-order valence-electron chi connectivity index (χ3n) is 6.73. The number of anilines is 3. The lowest BCUT2D eigenvalue weighted by atomic mass is 10.1. The maximum atomic E-state index is 13.7. The van der Waals surface area contributed by atoms with Gasteiger partial charge in [-0.05, 0) is 42.7 Å². The van der Waals surface area contributed by atoms with Crippen molar-refractivity contribution in [1.82, 2.24) is 25.3 Å². The Labute approximate surface area is 209 Å². The number of rotatable bonds is 6. The fourth-order valence-electron chi connectivity index (χ4n) is 4.79. The van der Waals surface area contributed by atoms with Gasteiger partial charge in [0.2, 0.25) is 5.95 Å². The highest BCUT2D eigenvalue weighted by atomic mass is 19.1. The van der Waals surface area contributed by atoms with Gasteiger partial charge in [0.05, 0.1) is 0 Å². The van der Waals surface area contributed by atoms with E-state index in [1.165, 1.54) is 12.1 Å². The van der Waals surface area contributed by atoms with Gasteiger partial charge in [-0.25, -0.2) is 14.4 Å². The zero-order valence-corrected chi connectivity index (χ0v) is 20.1. The number of piperazine rings is 1. The summed E-state index contributed by atoms with van der Waals surface area (Å²) < 4.78 is 13.7. The van der Waals surface area contributed by atoms with Crippen LogP contribution in [-0.4, -0.2) is 59.2 Å². The summed E-state index contributed by atoms with van der Waals surface area (Å²) in [4.78, 5) is 24.5. The van der Waals surface area contributed by atoms with Gasteiger partial charge in [0, 0.05) is 51.4 Å². The quantitative estimate of drug-likeness (QED) is 0.427. The molecule has 0 unspecified atom stereocenters. The van der Waals surface area contributed by atoms with Crippen molar-refractivity contribution in [2.45, 2.75) is 19.4 Å². The minimum absolute atomic E-state index is 0.284. The molecule has 184 valence electrons. The van der Waals surface area contributed by atoms with Crippen molar-refractivity contribution in [2.75, 3.05) is 54.4 Å². The third-order valence-corrected chi connectivity index (χ3v) is 6.73. The van der Waals surface area contributed by atoms with E-state index < -0.39 is 0 Å². The summed E-state index contributed by atoms with van der Waals surface area (Å²) in [5.41, 5.74) is 3.84. The largest absolute Gasteiger partial charge is 0.364 e. The molecule has 0 atom stereocenters. The van der Waals surface area contributed by atoms with Crippen molar-refractivity contribution in [3.8, 4) is 11.3 Å². The van der Waals surface area contributed by atoms with Crippen LogP contribution >= 0.6 is 0 Å². The predicted octanol–water partition coefficient (Wildman–Crippen LogP) is 3.85. The summed E-state index contributed by atoms with van der Waals surface area (Å²) in [5, 5.41) is 6.85. The Morgan fingerprint density at radius 2 is 1.56 bits per heavy atom. The van der Waals surface area contributed by atoms with Crippen molar-refractivity contribution < 1.29 is 4.39 Å². The molecular formula is C27H29FN8. The van der Waals surface area contributed by atoms with Gasteiger partial charge in [-0.15, -0.1) is 0 Å². The third kappa shape index (κ3) is 4.66. The second kappa shape index (κ2) is 10.0. The van der Waals surface area contributed by atoms with Gasteiger partial charge in [-0.3, -0.25) is 0 Å². The first-order valence-corrected chi connectivity index (χ1v) is 12.6. The zero-order valence-electron chi connectivity index (χ0n) is 20.1. The van der Waals surface area contributed by atoms with Crippen molar-refractivity contribution in [3.63, 3.8) is 0 Å². The van der Waals surface area contributed by atoms with Crippen molar-refractivity contribution in [2.24, 2.45) is 0 Å². The van der Waals surface area contributed by atoms with Crippen LogP contribution in [0.5, 0.6) is 0 Å². The average Bonchev–Trinajstić information content (AvgIpc) is 3.47. The van der Waals surface area contributed by atoms with E-state index in [4.69, 9.17) is 19.9 Å². The summed E-state index contributed by atoms with van der Waals surface area (Å²) >= 11 is 0. The lowest BCUT2D eigenvalue weighted by Crippen LogP contribution is -2.44. The number of nitrogens with one attached hydrogen (secondary N) is 2. The molecule has 2 aromatic carbocycles. The molecule has 4 heterocycles. The van der Waals surface area contributed by atoms with Crippen LogP contribution in [0.15, 0.2) is 54.6 Å². The van der Waals surface area contributed by atoms with Gasteiger partial charge in [0.25, 0.3) is 0 Å². The molecule has 2 aliphatic rings. The van der Waals surface area contributed by atoms with E-state index in [1.54, 1.807) is 12.1 Å². The van der Waals surface area contributed by atoms with E-state index in [-0.39, 0.29) is 5.82 Å². The smallest absolute Gasteiger partial charge is 0.229 e. The molecule has 2 N–H and O–H groups in total. The van der Waals surface area contributed by atoms with Gasteiger partial charge >= 0.3 is 0 Å². The monoisotopic (exact) mass is 484 g/mol. The van der Waals surface area contributed by atoms with Crippen LogP contribution in [0.4, 0.5) is 22.0 Å². The van der Waals surface area contributed by atoms with Gasteiger partial charge in [-0.2, -0.15) is 9.97 Å². The molecular weight excluding hydrogens is 455 g/mol. The van der Waals surface area contributed by atoms with Crippen LogP contribution in [0, 0.1) is 5.82 Å². The first-order chi connectivity index (χ1) is 17.7. The molecule has 36 heavy (non-hydrogen) atoms.